The quantitative estimate of drug-likeness (QED) is 0.677. The summed E-state index contributed by atoms with van der Waals surface area (Å²) in [5, 5.41) is 1.75. The van der Waals surface area contributed by atoms with E-state index in [0.717, 1.165) is 16.6 Å². The standard InChI is InChI=1S/C16H13BrClF3N2O3S/c1-27(25,26)23(12-4-2-3-10(17)7-12)9-15(24)22-11-5-6-14(18)13(8-11)16(19,20)21/h2-8H,9H2,1H3,(H,22,24). The van der Waals surface area contributed by atoms with E-state index in [-0.39, 0.29) is 11.4 Å². The van der Waals surface area contributed by atoms with Gasteiger partial charge in [0.15, 0.2) is 0 Å². The predicted molar refractivity (Wildman–Crippen MR) is 101 cm³/mol. The molecule has 0 aliphatic rings. The summed E-state index contributed by atoms with van der Waals surface area (Å²) in [6.45, 7) is -0.612. The molecule has 0 fully saturated rings. The van der Waals surface area contributed by atoms with Crippen LogP contribution >= 0.6 is 27.5 Å². The molecular formula is C16H13BrClF3N2O3S. The van der Waals surface area contributed by atoms with Crippen LogP contribution < -0.4 is 9.62 Å². The summed E-state index contributed by atoms with van der Waals surface area (Å²) in [6.07, 6.45) is -3.77. The Kier molecular flexibility index (Phi) is 6.43. The van der Waals surface area contributed by atoms with Gasteiger partial charge < -0.3 is 5.32 Å². The zero-order valence-electron chi connectivity index (χ0n) is 13.7. The molecule has 0 atom stereocenters. The lowest BCUT2D eigenvalue weighted by Crippen LogP contribution is -2.37. The lowest BCUT2D eigenvalue weighted by Gasteiger charge is -2.22. The average Bonchev–Trinajstić information content (AvgIpc) is 2.52. The molecular weight excluding hydrogens is 473 g/mol. The molecule has 0 bridgehead atoms. The van der Waals surface area contributed by atoms with E-state index < -0.39 is 39.2 Å². The van der Waals surface area contributed by atoms with Crippen LogP contribution in [0.25, 0.3) is 0 Å². The van der Waals surface area contributed by atoms with E-state index in [1.54, 1.807) is 12.1 Å². The van der Waals surface area contributed by atoms with Crippen LogP contribution in [0.15, 0.2) is 46.9 Å². The van der Waals surface area contributed by atoms with Gasteiger partial charge in [0.05, 0.1) is 22.5 Å². The van der Waals surface area contributed by atoms with Crippen LogP contribution in [-0.2, 0) is 21.0 Å². The second-order valence-electron chi connectivity index (χ2n) is 5.49. The van der Waals surface area contributed by atoms with E-state index in [2.05, 4.69) is 21.2 Å². The van der Waals surface area contributed by atoms with Gasteiger partial charge in [-0.3, -0.25) is 9.10 Å². The summed E-state index contributed by atoms with van der Waals surface area (Å²) in [6, 6.07) is 9.13. The summed E-state index contributed by atoms with van der Waals surface area (Å²) in [5.41, 5.74) is -1.03. The third-order valence-corrected chi connectivity index (χ3v) is 5.30. The van der Waals surface area contributed by atoms with E-state index in [9.17, 15) is 26.4 Å². The number of halogens is 5. The van der Waals surface area contributed by atoms with E-state index in [1.165, 1.54) is 18.2 Å². The van der Waals surface area contributed by atoms with Crippen LogP contribution in [0.3, 0.4) is 0 Å². The van der Waals surface area contributed by atoms with Crippen molar-refractivity contribution in [2.75, 3.05) is 22.4 Å². The number of hydrogen-bond donors (Lipinski definition) is 1. The van der Waals surface area contributed by atoms with Gasteiger partial charge in [-0.15, -0.1) is 0 Å². The molecule has 2 aromatic carbocycles. The fourth-order valence-corrected chi connectivity index (χ4v) is 3.64. The predicted octanol–water partition coefficient (Wildman–Crippen LogP) is 4.53. The molecule has 0 saturated carbocycles. The maximum Gasteiger partial charge on any atom is 0.417 e. The maximum atomic E-state index is 12.9. The van der Waals surface area contributed by atoms with Crippen molar-refractivity contribution in [3.63, 3.8) is 0 Å². The maximum absolute atomic E-state index is 12.9. The second kappa shape index (κ2) is 8.07. The molecule has 0 aliphatic heterocycles. The normalized spacial score (nSPS) is 11.9. The third-order valence-electron chi connectivity index (χ3n) is 3.34. The summed E-state index contributed by atoms with van der Waals surface area (Å²) >= 11 is 8.74. The fraction of sp³-hybridized carbons (Fsp3) is 0.188. The first kappa shape index (κ1) is 21.5. The summed E-state index contributed by atoms with van der Waals surface area (Å²) in [4.78, 5) is 12.2. The SMILES string of the molecule is CS(=O)(=O)N(CC(=O)Nc1ccc(Cl)c(C(F)(F)F)c1)c1cccc(Br)c1. The minimum Gasteiger partial charge on any atom is -0.324 e. The van der Waals surface area contributed by atoms with Crippen LogP contribution in [-0.4, -0.2) is 27.1 Å². The Balaban J connectivity index is 2.25. The molecule has 0 saturated heterocycles. The van der Waals surface area contributed by atoms with Gasteiger partial charge in [0, 0.05) is 10.2 Å². The first-order chi connectivity index (χ1) is 12.4. The van der Waals surface area contributed by atoms with E-state index in [0.29, 0.717) is 10.5 Å². The minimum absolute atomic E-state index is 0.153. The molecule has 0 aliphatic carbocycles. The van der Waals surface area contributed by atoms with Gasteiger partial charge in [-0.1, -0.05) is 33.6 Å². The van der Waals surface area contributed by atoms with E-state index in [4.69, 9.17) is 11.6 Å². The number of amides is 1. The van der Waals surface area contributed by atoms with Crippen LogP contribution in [0.2, 0.25) is 5.02 Å². The molecule has 1 amide bonds. The smallest absolute Gasteiger partial charge is 0.324 e. The summed E-state index contributed by atoms with van der Waals surface area (Å²) in [7, 11) is -3.81. The molecule has 0 radical (unpaired) electrons. The van der Waals surface area contributed by atoms with Gasteiger partial charge in [-0.25, -0.2) is 8.42 Å². The Morgan fingerprint density at radius 2 is 1.89 bits per heavy atom. The highest BCUT2D eigenvalue weighted by molar-refractivity contribution is 9.10. The molecule has 27 heavy (non-hydrogen) atoms. The molecule has 0 unspecified atom stereocenters. The second-order valence-corrected chi connectivity index (χ2v) is 8.72. The van der Waals surface area contributed by atoms with Crippen LogP contribution in [0.1, 0.15) is 5.56 Å². The van der Waals surface area contributed by atoms with Crippen LogP contribution in [0.4, 0.5) is 24.5 Å². The zero-order chi connectivity index (χ0) is 20.4. The minimum atomic E-state index is -4.69. The van der Waals surface area contributed by atoms with Crippen molar-refractivity contribution in [1.82, 2.24) is 0 Å². The molecule has 1 N–H and O–H groups in total. The van der Waals surface area contributed by atoms with Crippen molar-refractivity contribution in [2.24, 2.45) is 0 Å². The Bertz CT molecular complexity index is 968. The van der Waals surface area contributed by atoms with Crippen molar-refractivity contribution < 1.29 is 26.4 Å². The van der Waals surface area contributed by atoms with Gasteiger partial charge in [-0.05, 0) is 36.4 Å². The first-order valence-corrected chi connectivity index (χ1v) is 10.3. The number of carbonyl (C=O) groups excluding carboxylic acids is 1. The average molecular weight is 486 g/mol. The Morgan fingerprint density at radius 3 is 2.44 bits per heavy atom. The molecule has 0 spiro atoms. The third kappa shape index (κ3) is 5.85. The van der Waals surface area contributed by atoms with Gasteiger partial charge >= 0.3 is 6.18 Å². The van der Waals surface area contributed by atoms with Crippen molar-refractivity contribution in [3.05, 3.63) is 57.5 Å². The number of hydrogen-bond acceptors (Lipinski definition) is 3. The fourth-order valence-electron chi connectivity index (χ4n) is 2.18. The van der Waals surface area contributed by atoms with Gasteiger partial charge in [-0.2, -0.15) is 13.2 Å². The zero-order valence-corrected chi connectivity index (χ0v) is 16.9. The van der Waals surface area contributed by atoms with Crippen LogP contribution in [0, 0.1) is 0 Å². The monoisotopic (exact) mass is 484 g/mol. The highest BCUT2D eigenvalue weighted by Crippen LogP contribution is 2.36. The summed E-state index contributed by atoms with van der Waals surface area (Å²) < 4.78 is 64.2. The molecule has 2 rings (SSSR count). The molecule has 0 aromatic heterocycles. The lowest BCUT2D eigenvalue weighted by atomic mass is 10.2. The summed E-state index contributed by atoms with van der Waals surface area (Å²) in [5.74, 6) is -0.809. The number of sulfonamides is 1. The molecule has 0 heterocycles. The van der Waals surface area contributed by atoms with Crippen LogP contribution in [0.5, 0.6) is 0 Å². The Hall–Kier alpha value is -1.78. The molecule has 2 aromatic rings. The Labute approximate surface area is 167 Å². The van der Waals surface area contributed by atoms with Crippen molar-refractivity contribution in [2.45, 2.75) is 6.18 Å². The highest BCUT2D eigenvalue weighted by Gasteiger charge is 2.33. The number of benzene rings is 2. The number of alkyl halides is 3. The molecule has 146 valence electrons. The number of rotatable bonds is 5. The van der Waals surface area contributed by atoms with E-state index in [1.807, 2.05) is 0 Å². The largest absolute Gasteiger partial charge is 0.417 e. The highest BCUT2D eigenvalue weighted by atomic mass is 79.9. The molecule has 5 nitrogen and oxygen atoms in total. The number of anilines is 2. The molecule has 11 heteroatoms. The van der Waals surface area contributed by atoms with Gasteiger partial charge in [0.2, 0.25) is 15.9 Å². The lowest BCUT2D eigenvalue weighted by molar-refractivity contribution is -0.137. The first-order valence-electron chi connectivity index (χ1n) is 7.28. The topological polar surface area (TPSA) is 66.5 Å². The van der Waals surface area contributed by atoms with Gasteiger partial charge in [0.25, 0.3) is 0 Å². The number of nitrogens with zero attached hydrogens (tertiary/aromatic N) is 1. The van der Waals surface area contributed by atoms with E-state index >= 15 is 0 Å². The van der Waals surface area contributed by atoms with Crippen molar-refractivity contribution >= 4 is 54.8 Å². The van der Waals surface area contributed by atoms with Crippen molar-refractivity contribution in [1.29, 1.82) is 0 Å². The Morgan fingerprint density at radius 1 is 1.22 bits per heavy atom. The number of carbonyl (C=O) groups is 1. The number of nitrogens with one attached hydrogen (secondary N) is 1. The van der Waals surface area contributed by atoms with Crippen molar-refractivity contribution in [3.8, 4) is 0 Å². The van der Waals surface area contributed by atoms with Gasteiger partial charge in [0.1, 0.15) is 6.54 Å².